The Kier molecular flexibility index (Phi) is 5.60. The van der Waals surface area contributed by atoms with Gasteiger partial charge in [-0.25, -0.2) is 14.6 Å². The van der Waals surface area contributed by atoms with Crippen LogP contribution in [0.15, 0.2) is 78.4 Å². The Hall–Kier alpha value is -4.19. The van der Waals surface area contributed by atoms with Crippen LogP contribution in [-0.4, -0.2) is 25.0 Å². The number of carbonyl (C=O) groups is 3. The van der Waals surface area contributed by atoms with Gasteiger partial charge in [0.05, 0.1) is 18.5 Å². The zero-order valence-corrected chi connectivity index (χ0v) is 18.0. The second-order valence-corrected chi connectivity index (χ2v) is 7.47. The lowest BCUT2D eigenvalue weighted by atomic mass is 10.0. The van der Waals surface area contributed by atoms with Crippen LogP contribution in [0.3, 0.4) is 0 Å². The number of carbonyl (C=O) groups excluding carboxylic acids is 3. The van der Waals surface area contributed by atoms with Gasteiger partial charge < -0.3 is 4.74 Å². The summed E-state index contributed by atoms with van der Waals surface area (Å²) in [6.45, 7) is 3.63. The number of barbiturate groups is 1. The van der Waals surface area contributed by atoms with Gasteiger partial charge in [0.1, 0.15) is 11.3 Å². The number of nitrogens with zero attached hydrogens (tertiary/aromatic N) is 2. The number of methoxy groups -OCH3 is 1. The van der Waals surface area contributed by atoms with Gasteiger partial charge in [-0.3, -0.25) is 9.59 Å². The van der Waals surface area contributed by atoms with Crippen LogP contribution in [-0.2, 0) is 9.59 Å². The number of benzene rings is 3. The second-order valence-electron chi connectivity index (χ2n) is 7.47. The number of amides is 4. The highest BCUT2D eigenvalue weighted by Crippen LogP contribution is 2.32. The van der Waals surface area contributed by atoms with Gasteiger partial charge in [-0.2, -0.15) is 0 Å². The first-order valence-corrected chi connectivity index (χ1v) is 10.1. The fourth-order valence-corrected chi connectivity index (χ4v) is 3.65. The standard InChI is InChI=1S/C26H22N2O4/c1-17-8-4-6-10-22(17)27-24(29)21(16-19-12-14-20(32-3)15-13-19)25(30)28(26(27)31)23-11-7-5-9-18(23)2/h4-16H,1-3H3. The summed E-state index contributed by atoms with van der Waals surface area (Å²) in [5.41, 5.74) is 2.92. The predicted molar refractivity (Wildman–Crippen MR) is 124 cm³/mol. The molecule has 0 bridgehead atoms. The van der Waals surface area contributed by atoms with E-state index < -0.39 is 17.8 Å². The number of para-hydroxylation sites is 2. The van der Waals surface area contributed by atoms with Crippen molar-refractivity contribution in [2.75, 3.05) is 16.9 Å². The van der Waals surface area contributed by atoms with Crippen molar-refractivity contribution in [1.29, 1.82) is 0 Å². The first-order valence-electron chi connectivity index (χ1n) is 10.1. The van der Waals surface area contributed by atoms with E-state index in [1.807, 2.05) is 38.1 Å². The SMILES string of the molecule is COc1ccc(C=C2C(=O)N(c3ccccc3C)C(=O)N(c3ccccc3C)C2=O)cc1. The third-order valence-electron chi connectivity index (χ3n) is 5.39. The fourth-order valence-electron chi connectivity index (χ4n) is 3.65. The van der Waals surface area contributed by atoms with Crippen molar-refractivity contribution < 1.29 is 19.1 Å². The molecule has 1 aliphatic rings. The Morgan fingerprint density at radius 1 is 0.688 bits per heavy atom. The molecule has 3 aromatic carbocycles. The van der Waals surface area contributed by atoms with Crippen LogP contribution in [0.4, 0.5) is 16.2 Å². The smallest absolute Gasteiger partial charge is 0.343 e. The Morgan fingerprint density at radius 3 is 1.59 bits per heavy atom. The molecule has 1 heterocycles. The third kappa shape index (κ3) is 3.67. The summed E-state index contributed by atoms with van der Waals surface area (Å²) in [4.78, 5) is 42.5. The van der Waals surface area contributed by atoms with Crippen LogP contribution in [0, 0.1) is 13.8 Å². The van der Waals surface area contributed by atoms with Crippen molar-refractivity contribution >= 4 is 35.3 Å². The molecule has 0 N–H and O–H groups in total. The molecular formula is C26H22N2O4. The number of hydrogen-bond acceptors (Lipinski definition) is 4. The van der Waals surface area contributed by atoms with E-state index in [-0.39, 0.29) is 5.57 Å². The van der Waals surface area contributed by atoms with Crippen LogP contribution in [0.5, 0.6) is 5.75 Å². The number of ether oxygens (including phenoxy) is 1. The van der Waals surface area contributed by atoms with E-state index >= 15 is 0 Å². The number of hydrogen-bond donors (Lipinski definition) is 0. The number of anilines is 2. The zero-order chi connectivity index (χ0) is 22.8. The lowest BCUT2D eigenvalue weighted by Gasteiger charge is -2.35. The molecule has 160 valence electrons. The summed E-state index contributed by atoms with van der Waals surface area (Å²) >= 11 is 0. The van der Waals surface area contributed by atoms with Gasteiger partial charge in [0.2, 0.25) is 0 Å². The monoisotopic (exact) mass is 426 g/mol. The highest BCUT2D eigenvalue weighted by molar-refractivity contribution is 6.46. The average Bonchev–Trinajstić information content (AvgIpc) is 2.79. The number of rotatable bonds is 4. The summed E-state index contributed by atoms with van der Waals surface area (Å²) in [7, 11) is 1.56. The molecule has 1 saturated heterocycles. The van der Waals surface area contributed by atoms with Gasteiger partial charge >= 0.3 is 6.03 Å². The zero-order valence-electron chi connectivity index (χ0n) is 18.0. The molecule has 4 amide bonds. The fraction of sp³-hybridized carbons (Fsp3) is 0.115. The van der Waals surface area contributed by atoms with Gasteiger partial charge in [-0.1, -0.05) is 48.5 Å². The van der Waals surface area contributed by atoms with Crippen molar-refractivity contribution in [2.24, 2.45) is 0 Å². The van der Waals surface area contributed by atoms with Gasteiger partial charge in [0.15, 0.2) is 0 Å². The van der Waals surface area contributed by atoms with E-state index in [9.17, 15) is 14.4 Å². The average molecular weight is 426 g/mol. The van der Waals surface area contributed by atoms with Crippen LogP contribution in [0.2, 0.25) is 0 Å². The second kappa shape index (κ2) is 8.51. The summed E-state index contributed by atoms with van der Waals surface area (Å²) in [6.07, 6.45) is 1.51. The van der Waals surface area contributed by atoms with E-state index in [4.69, 9.17) is 4.74 Å². The normalized spacial score (nSPS) is 14.1. The molecule has 1 aliphatic heterocycles. The van der Waals surface area contributed by atoms with Crippen LogP contribution >= 0.6 is 0 Å². The maximum Gasteiger partial charge on any atom is 0.343 e. The molecule has 0 saturated carbocycles. The van der Waals surface area contributed by atoms with E-state index in [0.717, 1.165) is 20.9 Å². The maximum absolute atomic E-state index is 13.5. The minimum absolute atomic E-state index is 0.0960. The summed E-state index contributed by atoms with van der Waals surface area (Å²) < 4.78 is 5.18. The largest absolute Gasteiger partial charge is 0.497 e. The molecule has 1 fully saturated rings. The number of aryl methyl sites for hydroxylation is 2. The molecular weight excluding hydrogens is 404 g/mol. The molecule has 0 unspecified atom stereocenters. The van der Waals surface area contributed by atoms with Crippen molar-refractivity contribution in [3.05, 3.63) is 95.1 Å². The maximum atomic E-state index is 13.5. The molecule has 6 nitrogen and oxygen atoms in total. The first-order chi connectivity index (χ1) is 15.4. The Balaban J connectivity index is 1.89. The van der Waals surface area contributed by atoms with Crippen molar-refractivity contribution in [2.45, 2.75) is 13.8 Å². The topological polar surface area (TPSA) is 66.9 Å². The van der Waals surface area contributed by atoms with E-state index in [1.54, 1.807) is 55.6 Å². The number of urea groups is 1. The lowest BCUT2D eigenvalue weighted by molar-refractivity contribution is -0.121. The summed E-state index contributed by atoms with van der Waals surface area (Å²) in [5, 5.41) is 0. The van der Waals surface area contributed by atoms with Gasteiger partial charge in [-0.05, 0) is 60.9 Å². The van der Waals surface area contributed by atoms with Crippen LogP contribution in [0.1, 0.15) is 16.7 Å². The van der Waals surface area contributed by atoms with Gasteiger partial charge in [-0.15, -0.1) is 0 Å². The van der Waals surface area contributed by atoms with E-state index in [2.05, 4.69) is 0 Å². The van der Waals surface area contributed by atoms with Gasteiger partial charge in [0, 0.05) is 0 Å². The Bertz CT molecular complexity index is 1180. The summed E-state index contributed by atoms with van der Waals surface area (Å²) in [6, 6.07) is 20.5. The van der Waals surface area contributed by atoms with Crippen molar-refractivity contribution in [3.8, 4) is 5.75 Å². The van der Waals surface area contributed by atoms with Gasteiger partial charge in [0.25, 0.3) is 11.8 Å². The lowest BCUT2D eigenvalue weighted by Crippen LogP contribution is -2.57. The van der Waals surface area contributed by atoms with E-state index in [1.165, 1.54) is 6.08 Å². The minimum atomic E-state index is -0.699. The van der Waals surface area contributed by atoms with E-state index in [0.29, 0.717) is 22.7 Å². The molecule has 0 spiro atoms. The van der Waals surface area contributed by atoms with Crippen LogP contribution < -0.4 is 14.5 Å². The minimum Gasteiger partial charge on any atom is -0.497 e. The summed E-state index contributed by atoms with van der Waals surface area (Å²) in [5.74, 6) is -0.656. The quantitative estimate of drug-likeness (QED) is 0.440. The van der Waals surface area contributed by atoms with Crippen LogP contribution in [0.25, 0.3) is 6.08 Å². The van der Waals surface area contributed by atoms with Crippen molar-refractivity contribution in [3.63, 3.8) is 0 Å². The molecule has 4 rings (SSSR count). The highest BCUT2D eigenvalue weighted by atomic mass is 16.5. The molecule has 0 aliphatic carbocycles. The molecule has 0 aromatic heterocycles. The first kappa shape index (κ1) is 21.1. The van der Waals surface area contributed by atoms with Crippen molar-refractivity contribution in [1.82, 2.24) is 0 Å². The predicted octanol–water partition coefficient (Wildman–Crippen LogP) is 4.90. The Morgan fingerprint density at radius 2 is 1.16 bits per heavy atom. The number of imide groups is 2. The highest BCUT2D eigenvalue weighted by Gasteiger charge is 2.44. The molecule has 3 aromatic rings. The molecule has 6 heteroatoms. The third-order valence-corrected chi connectivity index (χ3v) is 5.39. The Labute approximate surface area is 186 Å². The molecule has 32 heavy (non-hydrogen) atoms. The molecule has 0 radical (unpaired) electrons. The molecule has 0 atom stereocenters.